The van der Waals surface area contributed by atoms with Crippen LogP contribution in [0.25, 0.3) is 21.6 Å². The molecule has 2 fully saturated rings. The van der Waals surface area contributed by atoms with E-state index in [2.05, 4.69) is 19.2 Å². The number of amides is 2. The van der Waals surface area contributed by atoms with Gasteiger partial charge in [-0.2, -0.15) is 0 Å². The number of nitrogens with one attached hydrogen (secondary N) is 1. The predicted octanol–water partition coefficient (Wildman–Crippen LogP) is 4.47. The summed E-state index contributed by atoms with van der Waals surface area (Å²) in [6, 6.07) is 4.71. The molecule has 1 saturated heterocycles. The van der Waals surface area contributed by atoms with Crippen LogP contribution in [0.1, 0.15) is 56.7 Å². The Balaban J connectivity index is 1.33. The van der Waals surface area contributed by atoms with Crippen LogP contribution in [0, 0.1) is 12.8 Å². The average Bonchev–Trinajstić information content (AvgIpc) is 3.33. The molecule has 1 aromatic carbocycles. The van der Waals surface area contributed by atoms with Crippen molar-refractivity contribution in [2.75, 3.05) is 26.9 Å². The van der Waals surface area contributed by atoms with Gasteiger partial charge in [0.1, 0.15) is 46.5 Å². The van der Waals surface area contributed by atoms with Crippen molar-refractivity contribution in [3.8, 4) is 22.2 Å². The lowest BCUT2D eigenvalue weighted by atomic mass is 10.1. The molecular formula is C33H38N4O7S. The van der Waals surface area contributed by atoms with Crippen molar-refractivity contribution in [1.29, 1.82) is 0 Å². The molecule has 12 heteroatoms. The van der Waals surface area contributed by atoms with E-state index in [-0.39, 0.29) is 37.3 Å². The lowest BCUT2D eigenvalue weighted by Crippen LogP contribution is -2.53. The van der Waals surface area contributed by atoms with Crippen LogP contribution in [-0.4, -0.2) is 82.3 Å². The minimum Gasteiger partial charge on any atom is -0.496 e. The lowest BCUT2D eigenvalue weighted by Gasteiger charge is -2.25. The number of allylic oxidation sites excluding steroid dienone is 1. The van der Waals surface area contributed by atoms with Gasteiger partial charge >= 0.3 is 5.97 Å². The number of aromatic nitrogens is 2. The van der Waals surface area contributed by atoms with E-state index in [0.717, 1.165) is 21.7 Å². The van der Waals surface area contributed by atoms with Crippen molar-refractivity contribution < 1.29 is 33.7 Å². The third-order valence-electron chi connectivity index (χ3n) is 8.87. The number of pyridine rings is 1. The molecule has 3 aliphatic rings. The number of carboxylic acid groups (broad SMARTS) is 1. The lowest BCUT2D eigenvalue weighted by molar-refractivity contribution is -0.146. The second kappa shape index (κ2) is 12.4. The number of carbonyl (C=O) groups excluding carboxylic acids is 2. The number of thiazole rings is 1. The highest BCUT2D eigenvalue weighted by molar-refractivity contribution is 7.13. The SMILES string of the molecule is COc1ccc2c(O[C@@H]3C[C@H]4C(=O)N[C@]5(C(=O)O)C[C@H]5/C=C\CCCOCC(=O)N4C3)cc(-c3nc(C(C)C)cs3)nc2c1C. The summed E-state index contributed by atoms with van der Waals surface area (Å²) in [4.78, 5) is 50.5. The molecule has 0 bridgehead atoms. The first-order valence-electron chi connectivity index (χ1n) is 15.3. The Morgan fingerprint density at radius 3 is 2.80 bits per heavy atom. The first-order valence-corrected chi connectivity index (χ1v) is 16.2. The molecule has 2 aromatic heterocycles. The number of nitrogens with zero attached hydrogens (tertiary/aromatic N) is 3. The smallest absolute Gasteiger partial charge is 0.330 e. The fourth-order valence-electron chi connectivity index (χ4n) is 6.14. The Bertz CT molecular complexity index is 1670. The van der Waals surface area contributed by atoms with Crippen LogP contribution in [0.15, 0.2) is 35.7 Å². The van der Waals surface area contributed by atoms with E-state index < -0.39 is 29.6 Å². The van der Waals surface area contributed by atoms with E-state index in [1.807, 2.05) is 42.7 Å². The molecule has 45 heavy (non-hydrogen) atoms. The summed E-state index contributed by atoms with van der Waals surface area (Å²) in [6.45, 7) is 6.48. The summed E-state index contributed by atoms with van der Waals surface area (Å²) >= 11 is 1.51. The van der Waals surface area contributed by atoms with Gasteiger partial charge in [0.15, 0.2) is 0 Å². The Kier molecular flexibility index (Phi) is 8.53. The number of hydrogen-bond acceptors (Lipinski definition) is 9. The molecule has 6 rings (SSSR count). The van der Waals surface area contributed by atoms with Crippen LogP contribution in [0.4, 0.5) is 0 Å². The molecule has 4 atom stereocenters. The fourth-order valence-corrected chi connectivity index (χ4v) is 7.08. The number of carbonyl (C=O) groups is 3. The van der Waals surface area contributed by atoms with Gasteiger partial charge in [0.2, 0.25) is 11.8 Å². The van der Waals surface area contributed by atoms with Crippen molar-refractivity contribution in [3.63, 3.8) is 0 Å². The second-order valence-corrected chi connectivity index (χ2v) is 13.1. The van der Waals surface area contributed by atoms with Crippen LogP contribution in [0.5, 0.6) is 11.5 Å². The molecule has 4 heterocycles. The quantitative estimate of drug-likeness (QED) is 0.376. The van der Waals surface area contributed by atoms with Gasteiger partial charge in [0, 0.05) is 41.3 Å². The van der Waals surface area contributed by atoms with Crippen molar-refractivity contribution in [2.45, 2.75) is 70.1 Å². The Labute approximate surface area is 265 Å². The van der Waals surface area contributed by atoms with E-state index in [1.165, 1.54) is 16.2 Å². The molecule has 1 aliphatic carbocycles. The van der Waals surface area contributed by atoms with Crippen LogP contribution >= 0.6 is 11.3 Å². The number of aliphatic carboxylic acids is 1. The average molecular weight is 635 g/mol. The summed E-state index contributed by atoms with van der Waals surface area (Å²) in [5.74, 6) is -0.706. The Morgan fingerprint density at radius 2 is 2.07 bits per heavy atom. The standard InChI is InChI=1S/C33H38N4O7S/c1-18(2)24-17-45-31(35-24)23-13-27(22-9-10-26(42-4)19(3)29(22)34-23)44-21-12-25-30(39)36-33(32(40)41)14-20(33)8-6-5-7-11-43-16-28(38)37(25)15-21/h6,8-10,13,17-18,20-21,25H,5,7,11-12,14-16H2,1-4H3,(H,36,39)(H,40,41)/b8-6-/t20-,21-,25+,33-/m1/s1. The highest BCUT2D eigenvalue weighted by Gasteiger charge is 2.61. The number of fused-ring (bicyclic) bond motifs is 3. The van der Waals surface area contributed by atoms with Gasteiger partial charge < -0.3 is 29.5 Å². The molecule has 11 nitrogen and oxygen atoms in total. The maximum Gasteiger partial charge on any atom is 0.330 e. The summed E-state index contributed by atoms with van der Waals surface area (Å²) in [7, 11) is 1.61. The van der Waals surface area contributed by atoms with E-state index in [9.17, 15) is 19.5 Å². The minimum absolute atomic E-state index is 0.146. The molecule has 238 valence electrons. The monoisotopic (exact) mass is 634 g/mol. The maximum atomic E-state index is 13.7. The summed E-state index contributed by atoms with van der Waals surface area (Å²) < 4.78 is 17.8. The minimum atomic E-state index is -1.36. The first kappa shape index (κ1) is 31.0. The van der Waals surface area contributed by atoms with Gasteiger partial charge in [-0.05, 0) is 44.2 Å². The van der Waals surface area contributed by atoms with Crippen molar-refractivity contribution in [1.82, 2.24) is 20.2 Å². The number of methoxy groups -OCH3 is 1. The number of carboxylic acids is 1. The van der Waals surface area contributed by atoms with Crippen LogP contribution < -0.4 is 14.8 Å². The van der Waals surface area contributed by atoms with E-state index >= 15 is 0 Å². The maximum absolute atomic E-state index is 13.7. The van der Waals surface area contributed by atoms with Gasteiger partial charge in [0.25, 0.3) is 0 Å². The normalized spacial score (nSPS) is 26.2. The predicted molar refractivity (Wildman–Crippen MR) is 169 cm³/mol. The van der Waals surface area contributed by atoms with Gasteiger partial charge in [-0.1, -0.05) is 26.0 Å². The number of hydrogen-bond donors (Lipinski definition) is 2. The van der Waals surface area contributed by atoms with Gasteiger partial charge in [-0.15, -0.1) is 11.3 Å². The molecule has 2 amide bonds. The third kappa shape index (κ3) is 6.00. The topological polar surface area (TPSA) is 140 Å². The van der Waals surface area contributed by atoms with E-state index in [0.29, 0.717) is 48.6 Å². The number of aryl methyl sites for hydroxylation is 1. The zero-order chi connectivity index (χ0) is 31.9. The number of benzene rings is 1. The van der Waals surface area contributed by atoms with Gasteiger partial charge in [-0.25, -0.2) is 14.8 Å². The Hall–Kier alpha value is -4.03. The summed E-state index contributed by atoms with van der Waals surface area (Å²) in [5, 5.41) is 16.4. The highest BCUT2D eigenvalue weighted by Crippen LogP contribution is 2.45. The largest absolute Gasteiger partial charge is 0.496 e. The molecule has 1 saturated carbocycles. The van der Waals surface area contributed by atoms with E-state index in [1.54, 1.807) is 7.11 Å². The van der Waals surface area contributed by atoms with E-state index in [4.69, 9.17) is 24.2 Å². The second-order valence-electron chi connectivity index (χ2n) is 12.3. The van der Waals surface area contributed by atoms with Gasteiger partial charge in [-0.3, -0.25) is 9.59 Å². The van der Waals surface area contributed by atoms with Crippen LogP contribution in [0.3, 0.4) is 0 Å². The summed E-state index contributed by atoms with van der Waals surface area (Å²) in [5.41, 5.74) is 1.83. The van der Waals surface area contributed by atoms with Crippen molar-refractivity contribution >= 4 is 40.0 Å². The molecule has 3 aromatic rings. The summed E-state index contributed by atoms with van der Waals surface area (Å²) in [6.07, 6.45) is 5.15. The first-order chi connectivity index (χ1) is 21.6. The molecule has 0 spiro atoms. The number of rotatable bonds is 6. The molecule has 0 radical (unpaired) electrons. The zero-order valence-corrected chi connectivity index (χ0v) is 26.7. The molecule has 2 aliphatic heterocycles. The molecular weight excluding hydrogens is 596 g/mol. The third-order valence-corrected chi connectivity index (χ3v) is 9.76. The molecule has 2 N–H and O–H groups in total. The Morgan fingerprint density at radius 1 is 1.24 bits per heavy atom. The zero-order valence-electron chi connectivity index (χ0n) is 25.9. The van der Waals surface area contributed by atoms with Gasteiger partial charge in [0.05, 0.1) is 24.9 Å². The van der Waals surface area contributed by atoms with Crippen molar-refractivity contribution in [3.05, 3.63) is 47.0 Å². The highest BCUT2D eigenvalue weighted by atomic mass is 32.1. The molecule has 0 unspecified atom stereocenters. The fraction of sp³-hybridized carbons (Fsp3) is 0.485. The van der Waals surface area contributed by atoms with Crippen LogP contribution in [-0.2, 0) is 19.1 Å². The number of ether oxygens (including phenoxy) is 3. The van der Waals surface area contributed by atoms with Crippen LogP contribution in [0.2, 0.25) is 0 Å². The van der Waals surface area contributed by atoms with Crippen molar-refractivity contribution in [2.24, 2.45) is 5.92 Å².